The van der Waals surface area contributed by atoms with Crippen LogP contribution < -0.4 is 10.2 Å². The Morgan fingerprint density at radius 2 is 1.79 bits per heavy atom. The number of benzene rings is 3. The van der Waals surface area contributed by atoms with Gasteiger partial charge in [-0.25, -0.2) is 9.07 Å². The Bertz CT molecular complexity index is 1470. The number of aryl methyl sites for hydroxylation is 1. The number of fused-ring (bicyclic) bond motifs is 1. The van der Waals surface area contributed by atoms with E-state index in [1.807, 2.05) is 42.5 Å². The number of aromatic nitrogens is 2. The van der Waals surface area contributed by atoms with Crippen LogP contribution in [0, 0.1) is 12.7 Å². The molecular weight excluding hydrogens is 515 g/mol. The van der Waals surface area contributed by atoms with Gasteiger partial charge in [-0.3, -0.25) is 14.5 Å². The van der Waals surface area contributed by atoms with E-state index in [-0.39, 0.29) is 35.2 Å². The van der Waals surface area contributed by atoms with Crippen LogP contribution >= 0.6 is 11.8 Å². The van der Waals surface area contributed by atoms with E-state index in [0.29, 0.717) is 30.4 Å². The average molecular weight is 545 g/mol. The van der Waals surface area contributed by atoms with Crippen LogP contribution in [0.15, 0.2) is 78.9 Å². The number of halogens is 1. The van der Waals surface area contributed by atoms with Gasteiger partial charge in [-0.2, -0.15) is 5.10 Å². The highest BCUT2D eigenvalue weighted by Crippen LogP contribution is 2.49. The molecule has 1 aliphatic heterocycles. The lowest BCUT2D eigenvalue weighted by Crippen LogP contribution is -2.43. The highest BCUT2D eigenvalue weighted by atomic mass is 32.2. The number of thioether (sulfide) groups is 1. The maximum Gasteiger partial charge on any atom is 0.240 e. The average Bonchev–Trinajstić information content (AvgIpc) is 3.27. The van der Waals surface area contributed by atoms with Crippen LogP contribution in [-0.2, 0) is 14.3 Å². The predicted octanol–water partition coefficient (Wildman–Crippen LogP) is 4.92. The van der Waals surface area contributed by atoms with Crippen molar-refractivity contribution in [3.8, 4) is 16.9 Å². The second-order valence-electron chi connectivity index (χ2n) is 9.21. The summed E-state index contributed by atoms with van der Waals surface area (Å²) in [5.41, 5.74) is 5.16. The van der Waals surface area contributed by atoms with Gasteiger partial charge >= 0.3 is 0 Å². The van der Waals surface area contributed by atoms with Gasteiger partial charge in [-0.1, -0.05) is 54.6 Å². The Labute approximate surface area is 231 Å². The minimum absolute atomic E-state index is 0.177. The Balaban J connectivity index is 1.76. The Morgan fingerprint density at radius 1 is 1.08 bits per heavy atom. The van der Waals surface area contributed by atoms with Crippen molar-refractivity contribution < 1.29 is 18.7 Å². The minimum Gasteiger partial charge on any atom is -0.383 e. The van der Waals surface area contributed by atoms with E-state index in [1.165, 1.54) is 28.8 Å². The number of nitrogens with one attached hydrogen (secondary N) is 1. The maximum atomic E-state index is 13.9. The van der Waals surface area contributed by atoms with Crippen molar-refractivity contribution in [3.05, 3.63) is 101 Å². The topological polar surface area (TPSA) is 76.5 Å². The SMILES string of the molecule is COCCNC(=O)CN1C(=O)CS[C@H](c2ccccc2C)c2c(-c3ccccc3)nn(-c3ccc(F)cc3)c21. The molecule has 0 fully saturated rings. The van der Waals surface area contributed by atoms with Crippen LogP contribution in [0.25, 0.3) is 16.9 Å². The number of carbonyl (C=O) groups excluding carboxylic acids is 2. The fourth-order valence-electron chi connectivity index (χ4n) is 4.71. The zero-order valence-electron chi connectivity index (χ0n) is 21.8. The molecule has 200 valence electrons. The normalized spacial score (nSPS) is 15.1. The number of hydrogen-bond donors (Lipinski definition) is 1. The lowest BCUT2D eigenvalue weighted by atomic mass is 9.97. The monoisotopic (exact) mass is 544 g/mol. The number of rotatable bonds is 8. The Morgan fingerprint density at radius 3 is 2.51 bits per heavy atom. The van der Waals surface area contributed by atoms with Crippen LogP contribution in [0.1, 0.15) is 21.9 Å². The zero-order valence-corrected chi connectivity index (χ0v) is 22.6. The standard InChI is InChI=1S/C30H29FN4O3S/c1-20-8-6-7-11-24(20)29-27-28(21-9-4-3-5-10-21)33-35(23-14-12-22(31)13-15-23)30(27)34(26(37)19-39-29)18-25(36)32-16-17-38-2/h3-15,29H,16-19H2,1-2H3,(H,32,36)/t29-/m1/s1. The van der Waals surface area contributed by atoms with Crippen LogP contribution in [0.4, 0.5) is 10.2 Å². The molecule has 0 unspecified atom stereocenters. The molecule has 2 amide bonds. The highest BCUT2D eigenvalue weighted by molar-refractivity contribution is 8.00. The van der Waals surface area contributed by atoms with Crippen LogP contribution in [-0.4, -0.2) is 54.2 Å². The molecule has 0 bridgehead atoms. The Kier molecular flexibility index (Phi) is 8.09. The summed E-state index contributed by atoms with van der Waals surface area (Å²) < 4.78 is 20.6. The van der Waals surface area contributed by atoms with Crippen molar-refractivity contribution in [2.45, 2.75) is 12.2 Å². The number of ether oxygens (including phenoxy) is 1. The number of methoxy groups -OCH3 is 1. The quantitative estimate of drug-likeness (QED) is 0.319. The molecule has 3 aromatic carbocycles. The summed E-state index contributed by atoms with van der Waals surface area (Å²) in [4.78, 5) is 28.2. The first-order valence-corrected chi connectivity index (χ1v) is 13.7. The fraction of sp³-hybridized carbons (Fsp3) is 0.233. The van der Waals surface area contributed by atoms with E-state index in [1.54, 1.807) is 23.9 Å². The van der Waals surface area contributed by atoms with Crippen molar-refractivity contribution >= 4 is 29.4 Å². The predicted molar refractivity (Wildman–Crippen MR) is 152 cm³/mol. The summed E-state index contributed by atoms with van der Waals surface area (Å²) in [6.45, 7) is 2.56. The Hall–Kier alpha value is -3.95. The van der Waals surface area contributed by atoms with Crippen LogP contribution in [0.5, 0.6) is 0 Å². The van der Waals surface area contributed by atoms with Gasteiger partial charge in [0.25, 0.3) is 0 Å². The van der Waals surface area contributed by atoms with Gasteiger partial charge < -0.3 is 10.1 Å². The molecule has 4 aromatic rings. The number of nitrogens with zero attached hydrogens (tertiary/aromatic N) is 3. The van der Waals surface area contributed by atoms with Crippen molar-refractivity contribution in [3.63, 3.8) is 0 Å². The van der Waals surface area contributed by atoms with E-state index in [9.17, 15) is 14.0 Å². The van der Waals surface area contributed by atoms with Crippen molar-refractivity contribution in [1.82, 2.24) is 15.1 Å². The molecule has 0 aliphatic carbocycles. The molecule has 9 heteroatoms. The first-order chi connectivity index (χ1) is 19.0. The molecule has 0 radical (unpaired) electrons. The van der Waals surface area contributed by atoms with Gasteiger partial charge in [-0.15, -0.1) is 11.8 Å². The molecule has 0 saturated carbocycles. The second-order valence-corrected chi connectivity index (χ2v) is 10.3. The number of carbonyl (C=O) groups is 2. The van der Waals surface area contributed by atoms with Crippen molar-refractivity contribution in [2.75, 3.05) is 37.5 Å². The minimum atomic E-state index is -0.376. The third-order valence-electron chi connectivity index (χ3n) is 6.61. The lowest BCUT2D eigenvalue weighted by Gasteiger charge is -2.23. The zero-order chi connectivity index (χ0) is 27.4. The van der Waals surface area contributed by atoms with Crippen LogP contribution in [0.3, 0.4) is 0 Å². The van der Waals surface area contributed by atoms with Crippen molar-refractivity contribution in [2.24, 2.45) is 0 Å². The fourth-order valence-corrected chi connectivity index (χ4v) is 6.00. The molecule has 39 heavy (non-hydrogen) atoms. The maximum absolute atomic E-state index is 13.9. The molecule has 7 nitrogen and oxygen atoms in total. The number of amides is 2. The van der Waals surface area contributed by atoms with Gasteiger partial charge in [0.05, 0.1) is 29.0 Å². The second kappa shape index (κ2) is 11.8. The summed E-state index contributed by atoms with van der Waals surface area (Å²) in [6, 6.07) is 23.8. The summed E-state index contributed by atoms with van der Waals surface area (Å²) in [7, 11) is 1.56. The summed E-state index contributed by atoms with van der Waals surface area (Å²) >= 11 is 1.52. The molecule has 1 N–H and O–H groups in total. The largest absolute Gasteiger partial charge is 0.383 e. The van der Waals surface area contributed by atoms with Crippen LogP contribution in [0.2, 0.25) is 0 Å². The van der Waals surface area contributed by atoms with E-state index in [4.69, 9.17) is 9.84 Å². The third kappa shape index (κ3) is 5.60. The summed E-state index contributed by atoms with van der Waals surface area (Å²) in [5, 5.41) is 7.60. The van der Waals surface area contributed by atoms with E-state index < -0.39 is 0 Å². The summed E-state index contributed by atoms with van der Waals surface area (Å²) in [5.74, 6) is -0.206. The number of hydrogen-bond acceptors (Lipinski definition) is 5. The molecule has 1 aromatic heterocycles. The van der Waals surface area contributed by atoms with E-state index in [0.717, 1.165) is 22.3 Å². The van der Waals surface area contributed by atoms with Gasteiger partial charge in [0.1, 0.15) is 18.2 Å². The molecule has 1 atom stereocenters. The lowest BCUT2D eigenvalue weighted by molar-refractivity contribution is -0.123. The molecule has 0 spiro atoms. The van der Waals surface area contributed by atoms with E-state index >= 15 is 0 Å². The first kappa shape index (κ1) is 26.6. The van der Waals surface area contributed by atoms with Gasteiger partial charge in [0.15, 0.2) is 0 Å². The highest BCUT2D eigenvalue weighted by Gasteiger charge is 2.38. The molecule has 5 rings (SSSR count). The molecule has 2 heterocycles. The molecule has 1 aliphatic rings. The first-order valence-electron chi connectivity index (χ1n) is 12.7. The summed E-state index contributed by atoms with van der Waals surface area (Å²) in [6.07, 6.45) is 0. The smallest absolute Gasteiger partial charge is 0.240 e. The molecular formula is C30H29FN4O3S. The van der Waals surface area contributed by atoms with Gasteiger partial charge in [0, 0.05) is 24.8 Å². The molecule has 0 saturated heterocycles. The van der Waals surface area contributed by atoms with Crippen molar-refractivity contribution in [1.29, 1.82) is 0 Å². The third-order valence-corrected chi connectivity index (χ3v) is 7.85. The van der Waals surface area contributed by atoms with Gasteiger partial charge in [0.2, 0.25) is 11.8 Å². The number of anilines is 1. The van der Waals surface area contributed by atoms with Gasteiger partial charge in [-0.05, 0) is 42.3 Å². The van der Waals surface area contributed by atoms with E-state index in [2.05, 4.69) is 24.4 Å².